The highest BCUT2D eigenvalue weighted by Gasteiger charge is 2.33. The average molecular weight is 433 g/mol. The smallest absolute Gasteiger partial charge is 0.381 e. The number of carbonyl (C=O) groups excluding carboxylic acids is 1. The van der Waals surface area contributed by atoms with Gasteiger partial charge >= 0.3 is 6.18 Å². The van der Waals surface area contributed by atoms with E-state index in [1.54, 1.807) is 0 Å². The van der Waals surface area contributed by atoms with Gasteiger partial charge in [0.1, 0.15) is 0 Å². The molecule has 29 heavy (non-hydrogen) atoms. The second-order valence-electron chi connectivity index (χ2n) is 7.92. The number of rotatable bonds is 5. The van der Waals surface area contributed by atoms with Crippen molar-refractivity contribution < 1.29 is 31.1 Å². The zero-order valence-electron chi connectivity index (χ0n) is 16.1. The van der Waals surface area contributed by atoms with E-state index >= 15 is 0 Å². The van der Waals surface area contributed by atoms with Crippen molar-refractivity contribution in [3.63, 3.8) is 0 Å². The van der Waals surface area contributed by atoms with E-state index in [0.717, 1.165) is 25.0 Å². The van der Waals surface area contributed by atoms with Crippen LogP contribution in [0.2, 0.25) is 0 Å². The predicted molar refractivity (Wildman–Crippen MR) is 101 cm³/mol. The molecule has 0 bridgehead atoms. The molecule has 1 N–H and O–H groups in total. The van der Waals surface area contributed by atoms with Crippen molar-refractivity contribution in [2.75, 3.05) is 19.0 Å². The van der Waals surface area contributed by atoms with Crippen LogP contribution in [0.15, 0.2) is 29.2 Å². The first-order valence-electron chi connectivity index (χ1n) is 9.93. The first-order chi connectivity index (χ1) is 13.6. The Balaban J connectivity index is 1.53. The number of ether oxygens (including phenoxy) is 1. The normalized spacial score (nSPS) is 24.2. The minimum Gasteiger partial charge on any atom is -0.381 e. The van der Waals surface area contributed by atoms with Gasteiger partial charge in [-0.05, 0) is 62.6 Å². The molecule has 0 radical (unpaired) electrons. The van der Waals surface area contributed by atoms with Gasteiger partial charge in [0.25, 0.3) is 0 Å². The van der Waals surface area contributed by atoms with E-state index in [-0.39, 0.29) is 34.4 Å². The highest BCUT2D eigenvalue weighted by Crippen LogP contribution is 2.32. The summed E-state index contributed by atoms with van der Waals surface area (Å²) in [5, 5.41) is 3.06. The van der Waals surface area contributed by atoms with Crippen LogP contribution in [0.1, 0.15) is 44.1 Å². The Morgan fingerprint density at radius 3 is 2.34 bits per heavy atom. The fraction of sp³-hybridized carbons (Fsp3) is 0.650. The van der Waals surface area contributed by atoms with Crippen LogP contribution in [-0.2, 0) is 25.5 Å². The standard InChI is InChI=1S/C20H26F3NO4S/c21-20(22,23)16-2-1-3-18(12-16)29(26,27)13-14-4-6-17(7-5-14)24-19(25)15-8-10-28-11-9-15/h1-3,12,14-15,17H,4-11,13H2,(H,24,25)/t14-,17-. The summed E-state index contributed by atoms with van der Waals surface area (Å²) in [5.41, 5.74) is -0.960. The van der Waals surface area contributed by atoms with Crippen molar-refractivity contribution in [1.82, 2.24) is 5.32 Å². The Kier molecular flexibility index (Phi) is 6.88. The number of sulfone groups is 1. The van der Waals surface area contributed by atoms with E-state index in [9.17, 15) is 26.4 Å². The lowest BCUT2D eigenvalue weighted by Gasteiger charge is -2.31. The maximum absolute atomic E-state index is 12.9. The van der Waals surface area contributed by atoms with Gasteiger partial charge in [-0.1, -0.05) is 6.07 Å². The van der Waals surface area contributed by atoms with Crippen LogP contribution < -0.4 is 5.32 Å². The second-order valence-corrected chi connectivity index (χ2v) is 9.95. The zero-order valence-corrected chi connectivity index (χ0v) is 16.9. The molecule has 5 nitrogen and oxygen atoms in total. The van der Waals surface area contributed by atoms with Crippen molar-refractivity contribution >= 4 is 15.7 Å². The average Bonchev–Trinajstić information content (AvgIpc) is 2.69. The van der Waals surface area contributed by atoms with Crippen molar-refractivity contribution in [3.05, 3.63) is 29.8 Å². The number of carbonyl (C=O) groups is 1. The summed E-state index contributed by atoms with van der Waals surface area (Å²) in [6, 6.07) is 3.93. The molecule has 1 saturated carbocycles. The number of hydrogen-bond acceptors (Lipinski definition) is 4. The third-order valence-electron chi connectivity index (χ3n) is 5.76. The number of alkyl halides is 3. The number of benzene rings is 1. The van der Waals surface area contributed by atoms with Crippen molar-refractivity contribution in [3.8, 4) is 0 Å². The minimum absolute atomic E-state index is 0.0252. The molecule has 2 fully saturated rings. The largest absolute Gasteiger partial charge is 0.416 e. The first kappa shape index (κ1) is 22.1. The molecule has 2 aliphatic rings. The summed E-state index contributed by atoms with van der Waals surface area (Å²) in [7, 11) is -3.80. The molecule has 1 heterocycles. The molecule has 1 aromatic rings. The van der Waals surface area contributed by atoms with Crippen LogP contribution in [-0.4, -0.2) is 39.3 Å². The van der Waals surface area contributed by atoms with Gasteiger partial charge in [0.15, 0.2) is 9.84 Å². The van der Waals surface area contributed by atoms with Gasteiger partial charge < -0.3 is 10.1 Å². The molecule has 3 rings (SSSR count). The summed E-state index contributed by atoms with van der Waals surface area (Å²) in [6.07, 6.45) is -0.539. The van der Waals surface area contributed by atoms with E-state index in [2.05, 4.69) is 5.32 Å². The lowest BCUT2D eigenvalue weighted by Crippen LogP contribution is -2.42. The number of hydrogen-bond donors (Lipinski definition) is 1. The van der Waals surface area contributed by atoms with E-state index in [4.69, 9.17) is 4.74 Å². The molecule has 1 aliphatic carbocycles. The summed E-state index contributed by atoms with van der Waals surface area (Å²) in [6.45, 7) is 1.19. The van der Waals surface area contributed by atoms with Gasteiger partial charge in [-0.15, -0.1) is 0 Å². The Labute approximate surface area is 168 Å². The van der Waals surface area contributed by atoms with E-state index in [0.29, 0.717) is 45.0 Å². The number of amides is 1. The summed E-state index contributed by atoms with van der Waals surface area (Å²) < 4.78 is 69.0. The first-order valence-corrected chi connectivity index (χ1v) is 11.6. The van der Waals surface area contributed by atoms with Gasteiger partial charge in [-0.2, -0.15) is 13.2 Å². The Hall–Kier alpha value is -1.61. The van der Waals surface area contributed by atoms with Gasteiger partial charge in [0, 0.05) is 25.2 Å². The van der Waals surface area contributed by atoms with E-state index in [1.807, 2.05) is 0 Å². The highest BCUT2D eigenvalue weighted by molar-refractivity contribution is 7.91. The van der Waals surface area contributed by atoms with Crippen LogP contribution in [0.3, 0.4) is 0 Å². The third-order valence-corrected chi connectivity index (χ3v) is 7.64. The topological polar surface area (TPSA) is 72.5 Å². The quantitative estimate of drug-likeness (QED) is 0.771. The maximum atomic E-state index is 12.9. The Morgan fingerprint density at radius 2 is 1.72 bits per heavy atom. The summed E-state index contributed by atoms with van der Waals surface area (Å²) >= 11 is 0. The van der Waals surface area contributed by atoms with Crippen molar-refractivity contribution in [1.29, 1.82) is 0 Å². The Morgan fingerprint density at radius 1 is 1.07 bits per heavy atom. The molecule has 9 heteroatoms. The van der Waals surface area contributed by atoms with Gasteiger partial charge in [0.2, 0.25) is 5.91 Å². The molecule has 1 aliphatic heterocycles. The molecule has 0 unspecified atom stereocenters. The molecule has 162 valence electrons. The minimum atomic E-state index is -4.58. The lowest BCUT2D eigenvalue weighted by molar-refractivity contribution is -0.137. The van der Waals surface area contributed by atoms with Crippen LogP contribution in [0.5, 0.6) is 0 Å². The third kappa shape index (κ3) is 5.94. The predicted octanol–water partition coefficient (Wildman–Crippen LogP) is 3.58. The Bertz CT molecular complexity index is 811. The van der Waals surface area contributed by atoms with Gasteiger partial charge in [-0.25, -0.2) is 8.42 Å². The molecule has 1 amide bonds. The number of halogens is 3. The highest BCUT2D eigenvalue weighted by atomic mass is 32.2. The molecular weight excluding hydrogens is 407 g/mol. The SMILES string of the molecule is O=C(N[C@H]1CC[C@H](CS(=O)(=O)c2cccc(C(F)(F)F)c2)CC1)C1CCOCC1. The summed E-state index contributed by atoms with van der Waals surface area (Å²) in [5.74, 6) is -0.281. The van der Waals surface area contributed by atoms with Gasteiger partial charge in [-0.3, -0.25) is 4.79 Å². The molecule has 1 aromatic carbocycles. The molecule has 0 spiro atoms. The fourth-order valence-electron chi connectivity index (χ4n) is 4.02. The van der Waals surface area contributed by atoms with Crippen molar-refractivity contribution in [2.45, 2.75) is 55.6 Å². The van der Waals surface area contributed by atoms with Crippen LogP contribution >= 0.6 is 0 Å². The van der Waals surface area contributed by atoms with Crippen LogP contribution in [0, 0.1) is 11.8 Å². The van der Waals surface area contributed by atoms with Gasteiger partial charge in [0.05, 0.1) is 16.2 Å². The van der Waals surface area contributed by atoms with Crippen molar-refractivity contribution in [2.24, 2.45) is 11.8 Å². The number of nitrogens with one attached hydrogen (secondary N) is 1. The molecule has 1 saturated heterocycles. The zero-order chi connectivity index (χ0) is 21.1. The summed E-state index contributed by atoms with van der Waals surface area (Å²) in [4.78, 5) is 12.0. The molecule has 0 atom stereocenters. The molecular formula is C20H26F3NO4S. The fourth-order valence-corrected chi connectivity index (χ4v) is 5.76. The van der Waals surface area contributed by atoms with Crippen LogP contribution in [0.4, 0.5) is 13.2 Å². The maximum Gasteiger partial charge on any atom is 0.416 e. The monoisotopic (exact) mass is 433 g/mol. The molecule has 0 aromatic heterocycles. The van der Waals surface area contributed by atoms with E-state index in [1.165, 1.54) is 6.07 Å². The van der Waals surface area contributed by atoms with Crippen LogP contribution in [0.25, 0.3) is 0 Å². The second kappa shape index (κ2) is 9.04. The van der Waals surface area contributed by atoms with E-state index < -0.39 is 21.6 Å². The lowest BCUT2D eigenvalue weighted by atomic mass is 9.86.